The van der Waals surface area contributed by atoms with Gasteiger partial charge in [0.15, 0.2) is 0 Å². The lowest BCUT2D eigenvalue weighted by molar-refractivity contribution is 0.0814. The number of rotatable bonds is 6. The molecule has 0 saturated carbocycles. The van der Waals surface area contributed by atoms with Crippen LogP contribution in [-0.4, -0.2) is 10.1 Å². The zero-order valence-electron chi connectivity index (χ0n) is 13.1. The van der Waals surface area contributed by atoms with Gasteiger partial charge in [0.2, 0.25) is 0 Å². The van der Waals surface area contributed by atoms with Gasteiger partial charge in [0.05, 0.1) is 16.2 Å². The van der Waals surface area contributed by atoms with Crippen LogP contribution in [0.25, 0.3) is 0 Å². The van der Waals surface area contributed by atoms with Crippen molar-refractivity contribution in [3.05, 3.63) is 45.4 Å². The standard InChI is InChI=1S/C17H23NO2S/c1-5-12-7-9-13(10-8-12)20-11-15-18-14(6-2)16(21-15)17(3,4)19/h7-10,19H,5-6,11H2,1-4H3. The van der Waals surface area contributed by atoms with Crippen LogP contribution in [0.2, 0.25) is 0 Å². The fourth-order valence-corrected chi connectivity index (χ4v) is 3.21. The minimum Gasteiger partial charge on any atom is -0.486 e. The summed E-state index contributed by atoms with van der Waals surface area (Å²) in [4.78, 5) is 5.51. The van der Waals surface area contributed by atoms with Crippen molar-refractivity contribution in [3.8, 4) is 5.75 Å². The lowest BCUT2D eigenvalue weighted by atomic mass is 10.1. The van der Waals surface area contributed by atoms with Gasteiger partial charge in [-0.1, -0.05) is 26.0 Å². The van der Waals surface area contributed by atoms with Crippen molar-refractivity contribution in [2.75, 3.05) is 0 Å². The Kier molecular flexibility index (Phi) is 5.01. The van der Waals surface area contributed by atoms with Crippen LogP contribution in [0, 0.1) is 0 Å². The summed E-state index contributed by atoms with van der Waals surface area (Å²) in [5.74, 6) is 0.852. The molecule has 0 radical (unpaired) electrons. The van der Waals surface area contributed by atoms with Crippen LogP contribution in [0.4, 0.5) is 0 Å². The second-order valence-electron chi connectivity index (χ2n) is 5.58. The maximum absolute atomic E-state index is 10.2. The molecule has 1 aromatic heterocycles. The second kappa shape index (κ2) is 6.58. The first-order valence-corrected chi connectivity index (χ1v) is 8.18. The van der Waals surface area contributed by atoms with Gasteiger partial charge in [-0.2, -0.15) is 0 Å². The predicted molar refractivity (Wildman–Crippen MR) is 86.9 cm³/mol. The van der Waals surface area contributed by atoms with Gasteiger partial charge in [0.25, 0.3) is 0 Å². The maximum Gasteiger partial charge on any atom is 0.140 e. The summed E-state index contributed by atoms with van der Waals surface area (Å²) in [7, 11) is 0. The highest BCUT2D eigenvalue weighted by molar-refractivity contribution is 7.11. The van der Waals surface area contributed by atoms with Gasteiger partial charge in [-0.15, -0.1) is 11.3 Å². The number of aromatic nitrogens is 1. The third-order valence-corrected chi connectivity index (χ3v) is 4.71. The van der Waals surface area contributed by atoms with Crippen molar-refractivity contribution < 1.29 is 9.84 Å². The van der Waals surface area contributed by atoms with E-state index >= 15 is 0 Å². The van der Waals surface area contributed by atoms with Gasteiger partial charge in [-0.05, 0) is 44.4 Å². The van der Waals surface area contributed by atoms with Gasteiger partial charge in [0, 0.05) is 0 Å². The fraction of sp³-hybridized carbons (Fsp3) is 0.471. The number of ether oxygens (including phenoxy) is 1. The molecule has 2 rings (SSSR count). The maximum atomic E-state index is 10.2. The molecule has 1 heterocycles. The number of aliphatic hydroxyl groups is 1. The van der Waals surface area contributed by atoms with E-state index in [9.17, 15) is 5.11 Å². The first kappa shape index (κ1) is 16.0. The zero-order valence-corrected chi connectivity index (χ0v) is 14.0. The summed E-state index contributed by atoms with van der Waals surface area (Å²) >= 11 is 1.53. The predicted octanol–water partition coefficient (Wildman–Crippen LogP) is 4.07. The molecular weight excluding hydrogens is 282 g/mol. The fourth-order valence-electron chi connectivity index (χ4n) is 2.15. The molecule has 0 bridgehead atoms. The largest absolute Gasteiger partial charge is 0.486 e. The van der Waals surface area contributed by atoms with E-state index in [0.717, 1.165) is 34.2 Å². The first-order chi connectivity index (χ1) is 9.94. The van der Waals surface area contributed by atoms with Gasteiger partial charge in [-0.3, -0.25) is 0 Å². The van der Waals surface area contributed by atoms with E-state index in [0.29, 0.717) is 6.61 Å². The smallest absolute Gasteiger partial charge is 0.140 e. The summed E-state index contributed by atoms with van der Waals surface area (Å²) in [5.41, 5.74) is 1.42. The van der Waals surface area contributed by atoms with E-state index in [1.165, 1.54) is 16.9 Å². The van der Waals surface area contributed by atoms with Crippen LogP contribution in [-0.2, 0) is 25.0 Å². The highest BCUT2D eigenvalue weighted by Crippen LogP contribution is 2.30. The first-order valence-electron chi connectivity index (χ1n) is 7.37. The summed E-state index contributed by atoms with van der Waals surface area (Å²) in [6.45, 7) is 8.23. The Balaban J connectivity index is 2.07. The normalized spacial score (nSPS) is 11.7. The number of hydrogen-bond donors (Lipinski definition) is 1. The summed E-state index contributed by atoms with van der Waals surface area (Å²) in [5, 5.41) is 11.1. The minimum absolute atomic E-state index is 0.444. The molecule has 3 nitrogen and oxygen atoms in total. The second-order valence-corrected chi connectivity index (χ2v) is 6.67. The number of nitrogens with zero attached hydrogens (tertiary/aromatic N) is 1. The van der Waals surface area contributed by atoms with Crippen LogP contribution in [0.5, 0.6) is 5.75 Å². The lowest BCUT2D eigenvalue weighted by Gasteiger charge is -2.15. The molecule has 0 aliphatic rings. The number of aryl methyl sites for hydroxylation is 2. The van der Waals surface area contributed by atoms with Gasteiger partial charge in [-0.25, -0.2) is 4.98 Å². The minimum atomic E-state index is -0.843. The average molecular weight is 305 g/mol. The Morgan fingerprint density at radius 2 is 1.81 bits per heavy atom. The molecular formula is C17H23NO2S. The topological polar surface area (TPSA) is 42.4 Å². The van der Waals surface area contributed by atoms with E-state index in [-0.39, 0.29) is 0 Å². The molecule has 0 spiro atoms. The van der Waals surface area contributed by atoms with E-state index in [1.54, 1.807) is 13.8 Å². The quantitative estimate of drug-likeness (QED) is 0.874. The molecule has 21 heavy (non-hydrogen) atoms. The molecule has 0 unspecified atom stereocenters. The number of hydrogen-bond acceptors (Lipinski definition) is 4. The summed E-state index contributed by atoms with van der Waals surface area (Å²) < 4.78 is 5.78. The molecule has 4 heteroatoms. The molecule has 114 valence electrons. The molecule has 0 amide bonds. The Hall–Kier alpha value is -1.39. The molecule has 0 atom stereocenters. The van der Waals surface area contributed by atoms with E-state index < -0.39 is 5.60 Å². The van der Waals surface area contributed by atoms with Crippen molar-refractivity contribution in [3.63, 3.8) is 0 Å². The van der Waals surface area contributed by atoms with Crippen molar-refractivity contribution in [1.29, 1.82) is 0 Å². The molecule has 0 fully saturated rings. The lowest BCUT2D eigenvalue weighted by Crippen LogP contribution is -2.15. The highest BCUT2D eigenvalue weighted by Gasteiger charge is 2.24. The van der Waals surface area contributed by atoms with E-state index in [1.807, 2.05) is 12.1 Å². The molecule has 1 N–H and O–H groups in total. The van der Waals surface area contributed by atoms with Crippen LogP contribution < -0.4 is 4.74 Å². The van der Waals surface area contributed by atoms with Crippen molar-refractivity contribution in [2.24, 2.45) is 0 Å². The number of benzene rings is 1. The van der Waals surface area contributed by atoms with Gasteiger partial charge in [0.1, 0.15) is 17.4 Å². The highest BCUT2D eigenvalue weighted by atomic mass is 32.1. The Morgan fingerprint density at radius 3 is 2.29 bits per heavy atom. The Morgan fingerprint density at radius 1 is 1.14 bits per heavy atom. The molecule has 0 saturated heterocycles. The Bertz CT molecular complexity index is 582. The van der Waals surface area contributed by atoms with E-state index in [2.05, 4.69) is 31.0 Å². The summed E-state index contributed by atoms with van der Waals surface area (Å²) in [6, 6.07) is 8.14. The van der Waals surface area contributed by atoms with Crippen molar-refractivity contribution in [1.82, 2.24) is 4.98 Å². The van der Waals surface area contributed by atoms with Gasteiger partial charge >= 0.3 is 0 Å². The SMILES string of the molecule is CCc1ccc(OCc2nc(CC)c(C(C)(C)O)s2)cc1. The molecule has 0 aliphatic carbocycles. The van der Waals surface area contributed by atoms with Crippen LogP contribution in [0.3, 0.4) is 0 Å². The van der Waals surface area contributed by atoms with Crippen molar-refractivity contribution in [2.45, 2.75) is 52.7 Å². The van der Waals surface area contributed by atoms with Gasteiger partial charge < -0.3 is 9.84 Å². The average Bonchev–Trinajstić information content (AvgIpc) is 2.89. The molecule has 1 aromatic carbocycles. The van der Waals surface area contributed by atoms with Crippen LogP contribution >= 0.6 is 11.3 Å². The Labute approximate surface area is 130 Å². The van der Waals surface area contributed by atoms with E-state index in [4.69, 9.17) is 4.74 Å². The third-order valence-electron chi connectivity index (χ3n) is 3.33. The summed E-state index contributed by atoms with van der Waals surface area (Å²) in [6.07, 6.45) is 1.85. The molecule has 0 aliphatic heterocycles. The zero-order chi connectivity index (χ0) is 15.5. The van der Waals surface area contributed by atoms with Crippen LogP contribution in [0.15, 0.2) is 24.3 Å². The molecule has 2 aromatic rings. The number of thiazole rings is 1. The third kappa shape index (κ3) is 4.05. The van der Waals surface area contributed by atoms with Crippen molar-refractivity contribution >= 4 is 11.3 Å². The van der Waals surface area contributed by atoms with Crippen LogP contribution in [0.1, 0.15) is 48.8 Å². The monoisotopic (exact) mass is 305 g/mol.